The number of benzene rings is 2. The molecule has 0 aliphatic heterocycles. The topological polar surface area (TPSA) is 95.9 Å². The minimum absolute atomic E-state index is 0.00513. The number of nitrogens with one attached hydrogen (secondary N) is 1. The van der Waals surface area contributed by atoms with Crippen LogP contribution in [0.2, 0.25) is 0 Å². The van der Waals surface area contributed by atoms with Gasteiger partial charge in [-0.2, -0.15) is 0 Å². The van der Waals surface area contributed by atoms with Gasteiger partial charge in [-0.1, -0.05) is 48.5 Å². The van der Waals surface area contributed by atoms with Gasteiger partial charge in [0.05, 0.1) is 0 Å². The highest BCUT2D eigenvalue weighted by molar-refractivity contribution is 5.79. The van der Waals surface area contributed by atoms with E-state index >= 15 is 0 Å². The van der Waals surface area contributed by atoms with Crippen molar-refractivity contribution >= 4 is 18.0 Å². The Labute approximate surface area is 206 Å². The van der Waals surface area contributed by atoms with Crippen molar-refractivity contribution in [1.82, 2.24) is 10.2 Å². The van der Waals surface area contributed by atoms with Gasteiger partial charge in [-0.15, -0.1) is 0 Å². The fourth-order valence-electron chi connectivity index (χ4n) is 5.45. The van der Waals surface area contributed by atoms with E-state index in [1.54, 1.807) is 4.90 Å². The monoisotopic (exact) mass is 478 g/mol. The number of hydrogen-bond acceptors (Lipinski definition) is 4. The number of rotatable bonds is 10. The number of hydrogen-bond donors (Lipinski definition) is 2. The van der Waals surface area contributed by atoms with Gasteiger partial charge in [0.1, 0.15) is 6.61 Å². The molecule has 186 valence electrons. The van der Waals surface area contributed by atoms with Crippen LogP contribution in [-0.2, 0) is 14.3 Å². The van der Waals surface area contributed by atoms with Crippen molar-refractivity contribution < 1.29 is 24.2 Å². The van der Waals surface area contributed by atoms with Gasteiger partial charge in [0, 0.05) is 37.9 Å². The summed E-state index contributed by atoms with van der Waals surface area (Å²) in [5.41, 5.74) is 4.77. The highest BCUT2D eigenvalue weighted by Gasteiger charge is 2.31. The highest BCUT2D eigenvalue weighted by atomic mass is 16.5. The summed E-state index contributed by atoms with van der Waals surface area (Å²) < 4.78 is 5.66. The summed E-state index contributed by atoms with van der Waals surface area (Å²) in [4.78, 5) is 37.7. The third-order valence-corrected chi connectivity index (χ3v) is 7.22. The van der Waals surface area contributed by atoms with Crippen molar-refractivity contribution in [3.8, 4) is 11.1 Å². The molecule has 7 nitrogen and oxygen atoms in total. The summed E-state index contributed by atoms with van der Waals surface area (Å²) in [6, 6.07) is 16.5. The van der Waals surface area contributed by atoms with Crippen LogP contribution in [0.5, 0.6) is 0 Å². The van der Waals surface area contributed by atoms with Crippen LogP contribution in [0.3, 0.4) is 0 Å². The first-order valence-corrected chi connectivity index (χ1v) is 12.6. The van der Waals surface area contributed by atoms with E-state index in [1.807, 2.05) is 31.2 Å². The molecule has 2 N–H and O–H groups in total. The average Bonchev–Trinajstić information content (AvgIpc) is 3.42. The third-order valence-electron chi connectivity index (χ3n) is 7.22. The first-order valence-electron chi connectivity index (χ1n) is 12.6. The summed E-state index contributed by atoms with van der Waals surface area (Å²) in [5.74, 6) is -0.533. The lowest BCUT2D eigenvalue weighted by Crippen LogP contribution is -2.35. The summed E-state index contributed by atoms with van der Waals surface area (Å²) in [5, 5.41) is 11.8. The van der Waals surface area contributed by atoms with E-state index in [0.717, 1.165) is 19.3 Å². The molecule has 2 aliphatic carbocycles. The van der Waals surface area contributed by atoms with Gasteiger partial charge in [0.25, 0.3) is 0 Å². The maximum absolute atomic E-state index is 12.7. The molecule has 7 heteroatoms. The number of alkyl carbamates (subject to hydrolysis) is 1. The molecular formula is C28H34N2O5. The molecule has 0 saturated heterocycles. The van der Waals surface area contributed by atoms with Gasteiger partial charge < -0.3 is 20.1 Å². The normalized spacial score (nSPS) is 18.5. The molecule has 0 unspecified atom stereocenters. The Hall–Kier alpha value is -3.35. The predicted octanol–water partition coefficient (Wildman–Crippen LogP) is 4.80. The van der Waals surface area contributed by atoms with Gasteiger partial charge in [-0.05, 0) is 60.8 Å². The van der Waals surface area contributed by atoms with Crippen LogP contribution in [0.15, 0.2) is 48.5 Å². The van der Waals surface area contributed by atoms with Crippen LogP contribution in [0.1, 0.15) is 62.5 Å². The molecule has 0 spiro atoms. The molecule has 2 atom stereocenters. The minimum Gasteiger partial charge on any atom is -0.481 e. The quantitative estimate of drug-likeness (QED) is 0.512. The fraction of sp³-hybridized carbons (Fsp3) is 0.464. The van der Waals surface area contributed by atoms with E-state index in [0.29, 0.717) is 25.9 Å². The molecule has 35 heavy (non-hydrogen) atoms. The maximum atomic E-state index is 12.7. The zero-order chi connectivity index (χ0) is 24.8. The largest absolute Gasteiger partial charge is 0.481 e. The zero-order valence-corrected chi connectivity index (χ0v) is 20.2. The molecule has 0 heterocycles. The fourth-order valence-corrected chi connectivity index (χ4v) is 5.45. The van der Waals surface area contributed by atoms with Crippen molar-refractivity contribution in [2.75, 3.05) is 19.7 Å². The van der Waals surface area contributed by atoms with Crippen molar-refractivity contribution in [3.63, 3.8) is 0 Å². The molecule has 0 bridgehead atoms. The number of amides is 2. The van der Waals surface area contributed by atoms with Crippen molar-refractivity contribution in [2.45, 2.75) is 57.4 Å². The van der Waals surface area contributed by atoms with E-state index in [1.165, 1.54) is 22.3 Å². The van der Waals surface area contributed by atoms with E-state index < -0.39 is 12.1 Å². The maximum Gasteiger partial charge on any atom is 0.407 e. The van der Waals surface area contributed by atoms with Crippen molar-refractivity contribution in [2.24, 2.45) is 5.92 Å². The van der Waals surface area contributed by atoms with Crippen LogP contribution >= 0.6 is 0 Å². The lowest BCUT2D eigenvalue weighted by molar-refractivity contribution is -0.138. The van der Waals surface area contributed by atoms with E-state index in [-0.39, 0.29) is 36.8 Å². The second kappa shape index (κ2) is 11.4. The molecule has 1 fully saturated rings. The molecule has 2 aromatic rings. The molecule has 2 amide bonds. The number of carboxylic acids is 1. The Kier molecular flexibility index (Phi) is 8.06. The van der Waals surface area contributed by atoms with Crippen molar-refractivity contribution in [3.05, 3.63) is 59.7 Å². The lowest BCUT2D eigenvalue weighted by Gasteiger charge is -2.22. The summed E-state index contributed by atoms with van der Waals surface area (Å²) in [6.45, 7) is 3.24. The van der Waals surface area contributed by atoms with E-state index in [2.05, 4.69) is 29.6 Å². The number of carbonyl (C=O) groups is 3. The van der Waals surface area contributed by atoms with Gasteiger partial charge in [-0.3, -0.25) is 9.59 Å². The standard InChI is InChI=1S/C28H34N2O5/c1-2-30(15-7-12-27(32)33)26(31)17-19-13-14-20(16-19)29-28(34)35-18-25-23-10-5-3-8-21(23)22-9-4-6-11-24(22)25/h3-6,8-11,19-20,25H,2,7,12-18H2,1H3,(H,29,34)(H,32,33)/t19-,20+/m1/s1. The SMILES string of the molecule is CCN(CCCC(=O)O)C(=O)C[C@@H]1CC[C@H](NC(=O)OCC2c3ccccc3-c3ccccc32)C1. The summed E-state index contributed by atoms with van der Waals surface area (Å²) >= 11 is 0. The Balaban J connectivity index is 1.24. The number of ether oxygens (including phenoxy) is 1. The minimum atomic E-state index is -0.841. The zero-order valence-electron chi connectivity index (χ0n) is 20.2. The van der Waals surface area contributed by atoms with Crippen LogP contribution in [0, 0.1) is 5.92 Å². The van der Waals surface area contributed by atoms with Gasteiger partial charge in [0.2, 0.25) is 5.91 Å². The molecule has 0 aromatic heterocycles. The molecule has 1 saturated carbocycles. The predicted molar refractivity (Wildman–Crippen MR) is 133 cm³/mol. The smallest absolute Gasteiger partial charge is 0.407 e. The first kappa shape index (κ1) is 24.8. The number of aliphatic carboxylic acids is 1. The molecular weight excluding hydrogens is 444 g/mol. The average molecular weight is 479 g/mol. The Morgan fingerprint density at radius 1 is 1.03 bits per heavy atom. The molecule has 4 rings (SSSR count). The second-order valence-corrected chi connectivity index (χ2v) is 9.52. The Morgan fingerprint density at radius 2 is 1.69 bits per heavy atom. The summed E-state index contributed by atoms with van der Waals surface area (Å²) in [7, 11) is 0. The molecule has 2 aromatic carbocycles. The van der Waals surface area contributed by atoms with Crippen LogP contribution < -0.4 is 5.32 Å². The number of nitrogens with zero attached hydrogens (tertiary/aromatic N) is 1. The van der Waals surface area contributed by atoms with Crippen LogP contribution in [0.25, 0.3) is 11.1 Å². The Morgan fingerprint density at radius 3 is 2.31 bits per heavy atom. The van der Waals surface area contributed by atoms with E-state index in [9.17, 15) is 14.4 Å². The molecule has 2 aliphatic rings. The van der Waals surface area contributed by atoms with Gasteiger partial charge in [0.15, 0.2) is 0 Å². The second-order valence-electron chi connectivity index (χ2n) is 9.52. The highest BCUT2D eigenvalue weighted by Crippen LogP contribution is 2.44. The van der Waals surface area contributed by atoms with Crippen LogP contribution in [-0.4, -0.2) is 53.7 Å². The molecule has 0 radical (unpaired) electrons. The van der Waals surface area contributed by atoms with Gasteiger partial charge in [-0.25, -0.2) is 4.79 Å². The first-order chi connectivity index (χ1) is 17.0. The third kappa shape index (κ3) is 6.02. The number of carboxylic acid groups (broad SMARTS) is 1. The van der Waals surface area contributed by atoms with Crippen LogP contribution in [0.4, 0.5) is 4.79 Å². The van der Waals surface area contributed by atoms with Gasteiger partial charge >= 0.3 is 12.1 Å². The summed E-state index contributed by atoms with van der Waals surface area (Å²) in [6.07, 6.45) is 3.02. The van der Waals surface area contributed by atoms with Crippen molar-refractivity contribution in [1.29, 1.82) is 0 Å². The number of carbonyl (C=O) groups excluding carboxylic acids is 2. The number of fused-ring (bicyclic) bond motifs is 3. The Bertz CT molecular complexity index is 1020. The lowest BCUT2D eigenvalue weighted by atomic mass is 9.98. The van der Waals surface area contributed by atoms with E-state index in [4.69, 9.17) is 9.84 Å².